The van der Waals surface area contributed by atoms with E-state index in [-0.39, 0.29) is 5.65 Å². The molecule has 0 spiro atoms. The van der Waals surface area contributed by atoms with Gasteiger partial charge in [0.2, 0.25) is 11.7 Å². The maximum atomic E-state index is 12.9. The topological polar surface area (TPSA) is 82.2 Å². The van der Waals surface area contributed by atoms with Gasteiger partial charge in [-0.25, -0.2) is 13.5 Å². The lowest BCUT2D eigenvalue weighted by atomic mass is 10.2. The Kier molecular flexibility index (Phi) is 4.28. The molecule has 0 aliphatic rings. The van der Waals surface area contributed by atoms with Crippen LogP contribution in [0.5, 0.6) is 5.88 Å². The van der Waals surface area contributed by atoms with Crippen LogP contribution in [0.4, 0.5) is 14.6 Å². The summed E-state index contributed by atoms with van der Waals surface area (Å²) in [5.41, 5.74) is 2.08. The normalized spacial score (nSPS) is 11.4. The molecule has 0 amide bonds. The second kappa shape index (κ2) is 6.38. The second-order valence-corrected chi connectivity index (χ2v) is 5.11. The van der Waals surface area contributed by atoms with Crippen molar-refractivity contribution in [3.05, 3.63) is 29.2 Å². The van der Waals surface area contributed by atoms with Gasteiger partial charge in [-0.2, -0.15) is 9.61 Å². The number of alkyl halides is 2. The Morgan fingerprint density at radius 3 is 2.71 bits per heavy atom. The van der Waals surface area contributed by atoms with Crippen LogP contribution in [0, 0.1) is 0 Å². The minimum Gasteiger partial charge on any atom is -0.481 e. The van der Waals surface area contributed by atoms with Crippen LogP contribution in [-0.2, 0) is 20.0 Å². The van der Waals surface area contributed by atoms with Gasteiger partial charge in [0.15, 0.2) is 5.65 Å². The third-order valence-corrected chi connectivity index (χ3v) is 3.63. The SMILES string of the molecule is CCc1nn(C)c(OC)c1CNc1ccc2nnc(C(F)F)n2n1. The quantitative estimate of drug-likeness (QED) is 0.741. The lowest BCUT2D eigenvalue weighted by Crippen LogP contribution is -2.07. The number of ether oxygens (including phenoxy) is 1. The van der Waals surface area contributed by atoms with E-state index in [4.69, 9.17) is 4.74 Å². The van der Waals surface area contributed by atoms with Crippen molar-refractivity contribution in [1.82, 2.24) is 29.6 Å². The molecule has 128 valence electrons. The highest BCUT2D eigenvalue weighted by molar-refractivity contribution is 5.45. The molecule has 10 heteroatoms. The summed E-state index contributed by atoms with van der Waals surface area (Å²) < 4.78 is 33.9. The van der Waals surface area contributed by atoms with Gasteiger partial charge in [-0.1, -0.05) is 6.92 Å². The molecular weight excluding hydrogens is 320 g/mol. The molecule has 0 fully saturated rings. The van der Waals surface area contributed by atoms with Gasteiger partial charge in [-0.05, 0) is 18.6 Å². The van der Waals surface area contributed by atoms with Crippen LogP contribution in [0.2, 0.25) is 0 Å². The molecule has 0 saturated carbocycles. The van der Waals surface area contributed by atoms with Crippen molar-refractivity contribution >= 4 is 11.5 Å². The fraction of sp³-hybridized carbons (Fsp3) is 0.429. The van der Waals surface area contributed by atoms with Crippen molar-refractivity contribution < 1.29 is 13.5 Å². The largest absolute Gasteiger partial charge is 0.481 e. The number of nitrogens with one attached hydrogen (secondary N) is 1. The first kappa shape index (κ1) is 16.1. The average Bonchev–Trinajstić information content (AvgIpc) is 3.12. The van der Waals surface area contributed by atoms with E-state index >= 15 is 0 Å². The standard InChI is InChI=1S/C14H17F2N7O/c1-4-9-8(14(24-3)22(2)20-9)7-17-10-5-6-11-18-19-13(12(15)16)23(11)21-10/h5-6,12H,4,7H2,1-3H3,(H,17,21). The van der Waals surface area contributed by atoms with Crippen molar-refractivity contribution in [3.8, 4) is 5.88 Å². The zero-order valence-corrected chi connectivity index (χ0v) is 13.5. The fourth-order valence-corrected chi connectivity index (χ4v) is 2.54. The summed E-state index contributed by atoms with van der Waals surface area (Å²) in [5, 5.41) is 18.7. The highest BCUT2D eigenvalue weighted by atomic mass is 19.3. The number of hydrogen-bond acceptors (Lipinski definition) is 6. The number of aromatic nitrogens is 6. The molecule has 0 bridgehead atoms. The van der Waals surface area contributed by atoms with Gasteiger partial charge in [-0.3, -0.25) is 0 Å². The van der Waals surface area contributed by atoms with Gasteiger partial charge in [-0.15, -0.1) is 15.3 Å². The summed E-state index contributed by atoms with van der Waals surface area (Å²) in [6.07, 6.45) is -1.99. The Bertz CT molecular complexity index is 858. The molecule has 3 heterocycles. The van der Waals surface area contributed by atoms with E-state index < -0.39 is 12.2 Å². The van der Waals surface area contributed by atoms with Gasteiger partial charge >= 0.3 is 0 Å². The highest BCUT2D eigenvalue weighted by Gasteiger charge is 2.18. The van der Waals surface area contributed by atoms with Crippen molar-refractivity contribution in [1.29, 1.82) is 0 Å². The number of fused-ring (bicyclic) bond motifs is 1. The minimum atomic E-state index is -2.74. The maximum absolute atomic E-state index is 12.9. The smallest absolute Gasteiger partial charge is 0.299 e. The highest BCUT2D eigenvalue weighted by Crippen LogP contribution is 2.23. The molecule has 0 saturated heterocycles. The van der Waals surface area contributed by atoms with Crippen LogP contribution in [0.3, 0.4) is 0 Å². The van der Waals surface area contributed by atoms with E-state index in [9.17, 15) is 8.78 Å². The van der Waals surface area contributed by atoms with Gasteiger partial charge in [0, 0.05) is 13.6 Å². The monoisotopic (exact) mass is 337 g/mol. The van der Waals surface area contributed by atoms with E-state index in [1.807, 2.05) is 6.92 Å². The van der Waals surface area contributed by atoms with Crippen LogP contribution < -0.4 is 10.1 Å². The molecule has 1 N–H and O–H groups in total. The number of hydrogen-bond donors (Lipinski definition) is 1. The Labute approximate surface area is 136 Å². The minimum absolute atomic E-state index is 0.268. The Hall–Kier alpha value is -2.78. The number of rotatable bonds is 6. The lowest BCUT2D eigenvalue weighted by molar-refractivity contribution is 0.137. The number of anilines is 1. The van der Waals surface area contributed by atoms with E-state index in [1.54, 1.807) is 31.0 Å². The van der Waals surface area contributed by atoms with E-state index in [0.29, 0.717) is 18.2 Å². The van der Waals surface area contributed by atoms with E-state index in [0.717, 1.165) is 22.2 Å². The molecule has 0 atom stereocenters. The molecule has 0 unspecified atom stereocenters. The van der Waals surface area contributed by atoms with E-state index in [2.05, 4.69) is 25.7 Å². The van der Waals surface area contributed by atoms with Crippen LogP contribution in [-0.4, -0.2) is 36.7 Å². The number of aryl methyl sites for hydroxylation is 2. The number of nitrogens with zero attached hydrogens (tertiary/aromatic N) is 6. The van der Waals surface area contributed by atoms with Crippen molar-refractivity contribution in [3.63, 3.8) is 0 Å². The first-order valence-electron chi connectivity index (χ1n) is 7.38. The van der Waals surface area contributed by atoms with Crippen LogP contribution in [0.1, 0.15) is 30.4 Å². The summed E-state index contributed by atoms with van der Waals surface area (Å²) >= 11 is 0. The zero-order valence-electron chi connectivity index (χ0n) is 13.5. The molecule has 3 aromatic heterocycles. The molecule has 3 rings (SSSR count). The predicted octanol–water partition coefficient (Wildman–Crippen LogP) is 1.98. The molecule has 0 aliphatic heterocycles. The van der Waals surface area contributed by atoms with Crippen molar-refractivity contribution in [2.45, 2.75) is 26.3 Å². The second-order valence-electron chi connectivity index (χ2n) is 5.11. The molecule has 0 radical (unpaired) electrons. The van der Waals surface area contributed by atoms with Crippen molar-refractivity contribution in [2.24, 2.45) is 7.05 Å². The summed E-state index contributed by atoms with van der Waals surface area (Å²) in [6.45, 7) is 2.41. The summed E-state index contributed by atoms with van der Waals surface area (Å²) in [7, 11) is 3.38. The van der Waals surface area contributed by atoms with E-state index in [1.165, 1.54) is 0 Å². The van der Waals surface area contributed by atoms with Gasteiger partial charge in [0.1, 0.15) is 5.82 Å². The van der Waals surface area contributed by atoms with Crippen LogP contribution >= 0.6 is 0 Å². The van der Waals surface area contributed by atoms with Crippen LogP contribution in [0.25, 0.3) is 5.65 Å². The summed E-state index contributed by atoms with van der Waals surface area (Å²) in [5.74, 6) is 0.594. The Morgan fingerprint density at radius 1 is 1.25 bits per heavy atom. The van der Waals surface area contributed by atoms with Crippen molar-refractivity contribution in [2.75, 3.05) is 12.4 Å². The molecule has 8 nitrogen and oxygen atoms in total. The van der Waals surface area contributed by atoms with Gasteiger partial charge in [0.25, 0.3) is 6.43 Å². The Balaban J connectivity index is 1.87. The number of halogens is 2. The number of methoxy groups -OCH3 is 1. The summed E-state index contributed by atoms with van der Waals surface area (Å²) in [4.78, 5) is 0. The first-order valence-corrected chi connectivity index (χ1v) is 7.38. The fourth-order valence-electron chi connectivity index (χ4n) is 2.54. The molecule has 0 aliphatic carbocycles. The third-order valence-electron chi connectivity index (χ3n) is 3.63. The molecule has 3 aromatic rings. The average molecular weight is 337 g/mol. The van der Waals surface area contributed by atoms with Gasteiger partial charge in [0.05, 0.1) is 18.4 Å². The van der Waals surface area contributed by atoms with Crippen LogP contribution in [0.15, 0.2) is 12.1 Å². The first-order chi connectivity index (χ1) is 11.5. The predicted molar refractivity (Wildman–Crippen MR) is 82.2 cm³/mol. The van der Waals surface area contributed by atoms with Gasteiger partial charge < -0.3 is 10.1 Å². The maximum Gasteiger partial charge on any atom is 0.299 e. The third kappa shape index (κ3) is 2.74. The lowest BCUT2D eigenvalue weighted by Gasteiger charge is -2.08. The summed E-state index contributed by atoms with van der Waals surface area (Å²) in [6, 6.07) is 3.24. The Morgan fingerprint density at radius 2 is 2.04 bits per heavy atom. The zero-order chi connectivity index (χ0) is 17.3. The molecular formula is C14H17F2N7O. The molecule has 24 heavy (non-hydrogen) atoms. The molecule has 0 aromatic carbocycles.